The Hall–Kier alpha value is -3.64. The summed E-state index contributed by atoms with van der Waals surface area (Å²) in [4.78, 5) is 26.9. The van der Waals surface area contributed by atoms with Gasteiger partial charge >= 0.3 is 5.97 Å². The van der Waals surface area contributed by atoms with Gasteiger partial charge in [0.05, 0.1) is 6.04 Å². The lowest BCUT2D eigenvalue weighted by molar-refractivity contribution is -0.158. The van der Waals surface area contributed by atoms with Gasteiger partial charge in [-0.2, -0.15) is 0 Å². The van der Waals surface area contributed by atoms with Gasteiger partial charge in [0.25, 0.3) is 0 Å². The van der Waals surface area contributed by atoms with Gasteiger partial charge in [-0.15, -0.1) is 0 Å². The topological polar surface area (TPSA) is 76.7 Å². The molecule has 6 heteroatoms. The first-order valence-electron chi connectivity index (χ1n) is 15.3. The fraction of sp³-hybridized carbons (Fsp3) is 0.459. The van der Waals surface area contributed by atoms with Crippen LogP contribution in [0.25, 0.3) is 0 Å². The minimum absolute atomic E-state index is 0.0816. The van der Waals surface area contributed by atoms with E-state index in [0.717, 1.165) is 22.4 Å². The number of rotatable bonds is 13. The van der Waals surface area contributed by atoms with Gasteiger partial charge in [0, 0.05) is 13.0 Å². The van der Waals surface area contributed by atoms with E-state index in [1.807, 2.05) is 75.4 Å². The lowest BCUT2D eigenvalue weighted by Gasteiger charge is -2.27. The van der Waals surface area contributed by atoms with Crippen LogP contribution in [0.2, 0.25) is 0 Å². The Balaban J connectivity index is 1.70. The fourth-order valence-electron chi connectivity index (χ4n) is 4.65. The minimum atomic E-state index is -0.828. The van der Waals surface area contributed by atoms with Crippen LogP contribution in [0.1, 0.15) is 84.1 Å². The molecule has 0 aromatic heterocycles. The van der Waals surface area contributed by atoms with Gasteiger partial charge in [-0.25, -0.2) is 4.79 Å². The molecule has 1 amide bonds. The average Bonchev–Trinajstić information content (AvgIpc) is 2.93. The smallest absolute Gasteiger partial charge is 0.329 e. The Labute approximate surface area is 258 Å². The van der Waals surface area contributed by atoms with Gasteiger partial charge in [-0.1, -0.05) is 101 Å². The molecular weight excluding hydrogens is 536 g/mol. The van der Waals surface area contributed by atoms with E-state index in [1.54, 1.807) is 0 Å². The molecule has 2 atom stereocenters. The van der Waals surface area contributed by atoms with Crippen molar-refractivity contribution in [1.29, 1.82) is 0 Å². The summed E-state index contributed by atoms with van der Waals surface area (Å²) in [5, 5.41) is 6.45. The van der Waals surface area contributed by atoms with Crippen molar-refractivity contribution in [1.82, 2.24) is 10.6 Å². The van der Waals surface area contributed by atoms with Crippen molar-refractivity contribution in [3.05, 3.63) is 101 Å². The molecule has 0 aliphatic rings. The van der Waals surface area contributed by atoms with E-state index in [0.29, 0.717) is 26.0 Å². The lowest BCUT2D eigenvalue weighted by Crippen LogP contribution is -2.52. The first-order chi connectivity index (χ1) is 20.2. The normalized spacial score (nSPS) is 13.3. The average molecular weight is 587 g/mol. The zero-order valence-electron chi connectivity index (χ0n) is 27.2. The molecule has 43 heavy (non-hydrogen) atoms. The fourth-order valence-corrected chi connectivity index (χ4v) is 4.65. The number of nitrogens with one attached hydrogen (secondary N) is 2. The molecule has 0 radical (unpaired) electrons. The van der Waals surface area contributed by atoms with E-state index in [4.69, 9.17) is 9.47 Å². The number of carbonyl (C=O) groups excluding carboxylic acids is 2. The van der Waals surface area contributed by atoms with Crippen molar-refractivity contribution >= 4 is 11.9 Å². The highest BCUT2D eigenvalue weighted by Gasteiger charge is 2.30. The van der Waals surface area contributed by atoms with E-state index in [1.165, 1.54) is 5.56 Å². The summed E-state index contributed by atoms with van der Waals surface area (Å²) in [5.41, 5.74) is 3.76. The Kier molecular flexibility index (Phi) is 12.0. The molecule has 0 saturated carbocycles. The van der Waals surface area contributed by atoms with Crippen LogP contribution in [0.4, 0.5) is 0 Å². The first-order valence-corrected chi connectivity index (χ1v) is 15.3. The SMILES string of the molecule is CC(C)CC(NCc1ccc(C(C)(C)C)cc1)C(=O)NC(Cc1ccc(OCc2ccccc2)cc1)C(=O)OC(C)(C)C. The molecule has 0 saturated heterocycles. The van der Waals surface area contributed by atoms with Gasteiger partial charge in [0.2, 0.25) is 5.91 Å². The molecule has 0 aliphatic carbocycles. The predicted molar refractivity (Wildman–Crippen MR) is 174 cm³/mol. The van der Waals surface area contributed by atoms with Crippen LogP contribution in [0.3, 0.4) is 0 Å². The molecule has 3 aromatic rings. The molecule has 3 aromatic carbocycles. The van der Waals surface area contributed by atoms with Gasteiger partial charge in [0.15, 0.2) is 0 Å². The summed E-state index contributed by atoms with van der Waals surface area (Å²) in [6, 6.07) is 24.8. The third-order valence-corrected chi connectivity index (χ3v) is 7.02. The maximum atomic E-state index is 13.6. The molecule has 0 aliphatic heterocycles. The number of benzene rings is 3. The molecule has 0 heterocycles. The molecule has 2 unspecified atom stereocenters. The van der Waals surface area contributed by atoms with Crippen molar-refractivity contribution in [3.63, 3.8) is 0 Å². The van der Waals surface area contributed by atoms with Crippen LogP contribution < -0.4 is 15.4 Å². The third kappa shape index (κ3) is 11.9. The highest BCUT2D eigenvalue weighted by atomic mass is 16.6. The van der Waals surface area contributed by atoms with E-state index in [2.05, 4.69) is 69.5 Å². The number of hydrogen-bond acceptors (Lipinski definition) is 5. The second-order valence-corrected chi connectivity index (χ2v) is 13.7. The van der Waals surface area contributed by atoms with Gasteiger partial charge in [-0.3, -0.25) is 4.79 Å². The second-order valence-electron chi connectivity index (χ2n) is 13.7. The molecule has 0 spiro atoms. The van der Waals surface area contributed by atoms with Crippen LogP contribution in [-0.4, -0.2) is 29.6 Å². The van der Waals surface area contributed by atoms with E-state index < -0.39 is 23.7 Å². The maximum Gasteiger partial charge on any atom is 0.329 e. The van der Waals surface area contributed by atoms with E-state index in [-0.39, 0.29) is 17.2 Å². The van der Waals surface area contributed by atoms with Crippen molar-refractivity contribution < 1.29 is 19.1 Å². The quantitative estimate of drug-likeness (QED) is 0.208. The zero-order chi connectivity index (χ0) is 31.6. The van der Waals surface area contributed by atoms with Crippen molar-refractivity contribution in [3.8, 4) is 5.75 Å². The summed E-state index contributed by atoms with van der Waals surface area (Å²) in [6.07, 6.45) is 0.947. The summed E-state index contributed by atoms with van der Waals surface area (Å²) < 4.78 is 11.6. The predicted octanol–water partition coefficient (Wildman–Crippen LogP) is 7.14. The Morgan fingerprint density at radius 1 is 0.744 bits per heavy atom. The highest BCUT2D eigenvalue weighted by molar-refractivity contribution is 5.88. The van der Waals surface area contributed by atoms with Crippen molar-refractivity contribution in [2.24, 2.45) is 5.92 Å². The summed E-state index contributed by atoms with van der Waals surface area (Å²) >= 11 is 0. The first kappa shape index (κ1) is 33.9. The van der Waals surface area contributed by atoms with Gasteiger partial charge in [-0.05, 0) is 72.9 Å². The highest BCUT2D eigenvalue weighted by Crippen LogP contribution is 2.22. The maximum absolute atomic E-state index is 13.6. The van der Waals surface area contributed by atoms with Crippen LogP contribution in [0.5, 0.6) is 5.75 Å². The summed E-state index contributed by atoms with van der Waals surface area (Å²) in [7, 11) is 0. The van der Waals surface area contributed by atoms with Crippen LogP contribution in [-0.2, 0) is 39.3 Å². The Morgan fingerprint density at radius 2 is 1.35 bits per heavy atom. The second kappa shape index (κ2) is 15.2. The standard InChI is InChI=1S/C37H50N2O4/c1-26(2)22-32(38-24-28-14-18-30(19-15-28)36(3,4)5)34(40)39-33(35(41)43-37(6,7)8)23-27-16-20-31(21-17-27)42-25-29-12-10-9-11-13-29/h9-21,26,32-33,38H,22-25H2,1-8H3,(H,39,40). The van der Waals surface area contributed by atoms with Crippen LogP contribution in [0.15, 0.2) is 78.9 Å². The summed E-state index contributed by atoms with van der Waals surface area (Å²) in [6.45, 7) is 17.3. The largest absolute Gasteiger partial charge is 0.489 e. The number of amides is 1. The van der Waals surface area contributed by atoms with Gasteiger partial charge in [0.1, 0.15) is 24.0 Å². The molecule has 3 rings (SSSR count). The van der Waals surface area contributed by atoms with Gasteiger partial charge < -0.3 is 20.1 Å². The monoisotopic (exact) mass is 586 g/mol. The molecule has 0 bridgehead atoms. The Bertz CT molecular complexity index is 1290. The van der Waals surface area contributed by atoms with Crippen LogP contribution >= 0.6 is 0 Å². The molecule has 2 N–H and O–H groups in total. The lowest BCUT2D eigenvalue weighted by atomic mass is 9.87. The molecular formula is C37H50N2O4. The number of hydrogen-bond donors (Lipinski definition) is 2. The van der Waals surface area contributed by atoms with E-state index in [9.17, 15) is 9.59 Å². The minimum Gasteiger partial charge on any atom is -0.489 e. The molecule has 232 valence electrons. The molecule has 6 nitrogen and oxygen atoms in total. The number of carbonyl (C=O) groups is 2. The zero-order valence-corrected chi connectivity index (χ0v) is 27.2. The molecule has 0 fully saturated rings. The number of ether oxygens (including phenoxy) is 2. The van der Waals surface area contributed by atoms with Crippen LogP contribution in [0, 0.1) is 5.92 Å². The van der Waals surface area contributed by atoms with Crippen molar-refractivity contribution in [2.45, 2.75) is 104 Å². The third-order valence-electron chi connectivity index (χ3n) is 7.02. The summed E-state index contributed by atoms with van der Waals surface area (Å²) in [5.74, 6) is 0.363. The van der Waals surface area contributed by atoms with E-state index >= 15 is 0 Å². The Morgan fingerprint density at radius 3 is 1.91 bits per heavy atom. The van der Waals surface area contributed by atoms with Crippen molar-refractivity contribution in [2.75, 3.05) is 0 Å². The number of esters is 1.